The molecule has 1 aliphatic rings. The van der Waals surface area contributed by atoms with Gasteiger partial charge in [-0.1, -0.05) is 6.92 Å². The maximum absolute atomic E-state index is 13.2. The van der Waals surface area contributed by atoms with Crippen molar-refractivity contribution in [3.63, 3.8) is 0 Å². The standard InChI is InChI=1S/C12H18FN3O2S2/c1-2-20(17,18)11-8-19-4-3-16(11)12-9(6-14)5-10(13)7-15-12/h5,7,11H,2-4,6,8,14H2,1H3. The maximum Gasteiger partial charge on any atom is 0.171 e. The van der Waals surface area contributed by atoms with Crippen LogP contribution in [0.2, 0.25) is 0 Å². The Hall–Kier alpha value is -0.860. The highest BCUT2D eigenvalue weighted by Gasteiger charge is 2.34. The smallest absolute Gasteiger partial charge is 0.171 e. The highest BCUT2D eigenvalue weighted by Crippen LogP contribution is 2.28. The number of hydrogen-bond donors (Lipinski definition) is 1. The molecule has 1 saturated heterocycles. The Morgan fingerprint density at radius 2 is 2.35 bits per heavy atom. The number of nitrogens with zero attached hydrogens (tertiary/aromatic N) is 2. The van der Waals surface area contributed by atoms with Crippen molar-refractivity contribution in [3.8, 4) is 0 Å². The van der Waals surface area contributed by atoms with Crippen molar-refractivity contribution in [3.05, 3.63) is 23.6 Å². The van der Waals surface area contributed by atoms with Crippen molar-refractivity contribution in [1.82, 2.24) is 4.98 Å². The molecule has 8 heteroatoms. The Morgan fingerprint density at radius 1 is 1.60 bits per heavy atom. The number of nitrogens with two attached hydrogens (primary N) is 1. The summed E-state index contributed by atoms with van der Waals surface area (Å²) < 4.78 is 37.7. The summed E-state index contributed by atoms with van der Waals surface area (Å²) in [5.41, 5.74) is 6.16. The highest BCUT2D eigenvalue weighted by atomic mass is 32.2. The predicted molar refractivity (Wildman–Crippen MR) is 80.0 cm³/mol. The summed E-state index contributed by atoms with van der Waals surface area (Å²) in [5.74, 6) is 1.41. The molecule has 1 aromatic rings. The molecule has 1 aromatic heterocycles. The van der Waals surface area contributed by atoms with Crippen molar-refractivity contribution >= 4 is 27.4 Å². The molecule has 0 aliphatic carbocycles. The maximum atomic E-state index is 13.2. The number of hydrogen-bond acceptors (Lipinski definition) is 6. The Kier molecular flexibility index (Phi) is 4.87. The lowest BCUT2D eigenvalue weighted by molar-refractivity contribution is 0.577. The van der Waals surface area contributed by atoms with Gasteiger partial charge in [-0.15, -0.1) is 0 Å². The minimum absolute atomic E-state index is 0.0773. The van der Waals surface area contributed by atoms with E-state index in [1.807, 2.05) is 0 Å². The molecule has 1 fully saturated rings. The number of sulfone groups is 1. The molecular weight excluding hydrogens is 301 g/mol. The second-order valence-electron chi connectivity index (χ2n) is 4.51. The van der Waals surface area contributed by atoms with Gasteiger partial charge in [-0.25, -0.2) is 17.8 Å². The van der Waals surface area contributed by atoms with E-state index in [1.54, 1.807) is 23.6 Å². The molecule has 1 atom stereocenters. The van der Waals surface area contributed by atoms with Gasteiger partial charge in [-0.3, -0.25) is 0 Å². The van der Waals surface area contributed by atoms with Crippen molar-refractivity contribution in [2.24, 2.45) is 5.73 Å². The topological polar surface area (TPSA) is 76.3 Å². The molecule has 0 radical (unpaired) electrons. The third-order valence-corrected chi connectivity index (χ3v) is 6.59. The lowest BCUT2D eigenvalue weighted by atomic mass is 10.2. The first-order valence-corrected chi connectivity index (χ1v) is 9.27. The molecule has 0 aromatic carbocycles. The van der Waals surface area contributed by atoms with E-state index in [9.17, 15) is 12.8 Å². The van der Waals surface area contributed by atoms with Gasteiger partial charge in [0.15, 0.2) is 9.84 Å². The second-order valence-corrected chi connectivity index (χ2v) is 8.11. The fourth-order valence-electron chi connectivity index (χ4n) is 2.20. The Balaban J connectivity index is 2.43. The average Bonchev–Trinajstić information content (AvgIpc) is 2.47. The van der Waals surface area contributed by atoms with Gasteiger partial charge in [0.2, 0.25) is 0 Å². The second kappa shape index (κ2) is 6.28. The van der Waals surface area contributed by atoms with Crippen LogP contribution in [-0.2, 0) is 16.4 Å². The number of anilines is 1. The van der Waals surface area contributed by atoms with Crippen molar-refractivity contribution in [2.75, 3.05) is 28.7 Å². The quantitative estimate of drug-likeness (QED) is 0.892. The van der Waals surface area contributed by atoms with Crippen LogP contribution in [0, 0.1) is 5.82 Å². The SMILES string of the molecule is CCS(=O)(=O)C1CSCCN1c1ncc(F)cc1CN. The van der Waals surface area contributed by atoms with Crippen molar-refractivity contribution < 1.29 is 12.8 Å². The zero-order valence-electron chi connectivity index (χ0n) is 11.3. The molecule has 0 amide bonds. The molecule has 5 nitrogen and oxygen atoms in total. The van der Waals surface area contributed by atoms with Gasteiger partial charge in [0.1, 0.15) is 17.0 Å². The Bertz CT molecular complexity index is 580. The summed E-state index contributed by atoms with van der Waals surface area (Å²) in [5, 5.41) is -0.616. The molecular formula is C12H18FN3O2S2. The number of thioether (sulfide) groups is 1. The first-order chi connectivity index (χ1) is 9.49. The summed E-state index contributed by atoms with van der Waals surface area (Å²) in [7, 11) is -3.22. The summed E-state index contributed by atoms with van der Waals surface area (Å²) in [6, 6.07) is 1.32. The normalized spacial score (nSPS) is 20.1. The van der Waals surface area contributed by atoms with Crippen LogP contribution in [-0.4, -0.2) is 42.6 Å². The highest BCUT2D eigenvalue weighted by molar-refractivity contribution is 8.01. The molecule has 1 aliphatic heterocycles. The zero-order valence-corrected chi connectivity index (χ0v) is 12.9. The van der Waals surface area contributed by atoms with Crippen LogP contribution in [0.5, 0.6) is 0 Å². The van der Waals surface area contributed by atoms with E-state index in [0.717, 1.165) is 11.9 Å². The molecule has 2 rings (SSSR count). The van der Waals surface area contributed by atoms with Crippen LogP contribution >= 0.6 is 11.8 Å². The minimum Gasteiger partial charge on any atom is -0.338 e. The summed E-state index contributed by atoms with van der Waals surface area (Å²) in [6.45, 7) is 2.33. The van der Waals surface area contributed by atoms with E-state index in [-0.39, 0.29) is 12.3 Å². The van der Waals surface area contributed by atoms with Gasteiger partial charge < -0.3 is 10.6 Å². The van der Waals surface area contributed by atoms with E-state index in [1.165, 1.54) is 6.07 Å². The molecule has 20 heavy (non-hydrogen) atoms. The summed E-state index contributed by atoms with van der Waals surface area (Å²) in [4.78, 5) is 5.81. The average molecular weight is 319 g/mol. The number of pyridine rings is 1. The molecule has 1 unspecified atom stereocenters. The van der Waals surface area contributed by atoms with E-state index in [4.69, 9.17) is 5.73 Å². The molecule has 0 spiro atoms. The van der Waals surface area contributed by atoms with Crippen LogP contribution in [0.4, 0.5) is 10.2 Å². The van der Waals surface area contributed by atoms with Gasteiger partial charge in [0.05, 0.1) is 6.20 Å². The summed E-state index contributed by atoms with van der Waals surface area (Å²) in [6.07, 6.45) is 1.10. The molecule has 2 heterocycles. The number of rotatable bonds is 4. The van der Waals surface area contributed by atoms with E-state index in [0.29, 0.717) is 23.7 Å². The van der Waals surface area contributed by atoms with Crippen LogP contribution < -0.4 is 10.6 Å². The van der Waals surface area contributed by atoms with Crippen LogP contribution in [0.1, 0.15) is 12.5 Å². The van der Waals surface area contributed by atoms with Crippen LogP contribution in [0.3, 0.4) is 0 Å². The molecule has 2 N–H and O–H groups in total. The van der Waals surface area contributed by atoms with Gasteiger partial charge in [0.25, 0.3) is 0 Å². The first-order valence-electron chi connectivity index (χ1n) is 6.40. The monoisotopic (exact) mass is 319 g/mol. The van der Waals surface area contributed by atoms with E-state index < -0.39 is 21.0 Å². The van der Waals surface area contributed by atoms with Gasteiger partial charge in [-0.2, -0.15) is 11.8 Å². The Labute approximate surface area is 122 Å². The molecule has 0 saturated carbocycles. The lowest BCUT2D eigenvalue weighted by Gasteiger charge is -2.36. The van der Waals surface area contributed by atoms with Gasteiger partial charge in [0, 0.05) is 35.9 Å². The minimum atomic E-state index is -3.22. The van der Waals surface area contributed by atoms with Crippen LogP contribution in [0.15, 0.2) is 12.3 Å². The van der Waals surface area contributed by atoms with Gasteiger partial charge >= 0.3 is 0 Å². The third-order valence-electron chi connectivity index (χ3n) is 3.30. The first kappa shape index (κ1) is 15.5. The van der Waals surface area contributed by atoms with Crippen molar-refractivity contribution in [1.29, 1.82) is 0 Å². The lowest BCUT2D eigenvalue weighted by Crippen LogP contribution is -2.48. The van der Waals surface area contributed by atoms with E-state index >= 15 is 0 Å². The predicted octanol–water partition coefficient (Wildman–Crippen LogP) is 0.993. The Morgan fingerprint density at radius 3 is 3.00 bits per heavy atom. The molecule has 0 bridgehead atoms. The van der Waals surface area contributed by atoms with E-state index in [2.05, 4.69) is 4.98 Å². The van der Waals surface area contributed by atoms with Crippen molar-refractivity contribution in [2.45, 2.75) is 18.8 Å². The fraction of sp³-hybridized carbons (Fsp3) is 0.583. The zero-order chi connectivity index (χ0) is 14.8. The number of aromatic nitrogens is 1. The third kappa shape index (κ3) is 3.07. The number of halogens is 1. The molecule has 112 valence electrons. The van der Waals surface area contributed by atoms with Gasteiger partial charge in [-0.05, 0) is 6.07 Å². The largest absolute Gasteiger partial charge is 0.338 e. The fourth-order valence-corrected chi connectivity index (χ4v) is 5.17. The van der Waals surface area contributed by atoms with Crippen LogP contribution in [0.25, 0.3) is 0 Å². The summed E-state index contributed by atoms with van der Waals surface area (Å²) >= 11 is 1.61.